The number of nitrogens with two attached hydrogens (primary N) is 1. The standard InChI is InChI=1S/C13H18FNO/c1-8-6-9(2)12(10(14)7-8)13(15)11-4-3-5-16-11/h6-7,11,13H,3-5,15H2,1-2H3. The molecule has 16 heavy (non-hydrogen) atoms. The number of aryl methyl sites for hydroxylation is 2. The Morgan fingerprint density at radius 3 is 2.75 bits per heavy atom. The van der Waals surface area contributed by atoms with E-state index in [1.165, 1.54) is 6.07 Å². The van der Waals surface area contributed by atoms with Crippen LogP contribution in [0.5, 0.6) is 0 Å². The average Bonchev–Trinajstić information content (AvgIpc) is 2.67. The maximum absolute atomic E-state index is 13.9. The molecule has 1 aliphatic heterocycles. The van der Waals surface area contributed by atoms with Crippen molar-refractivity contribution in [1.29, 1.82) is 0 Å². The van der Waals surface area contributed by atoms with Gasteiger partial charge in [0.25, 0.3) is 0 Å². The van der Waals surface area contributed by atoms with Gasteiger partial charge >= 0.3 is 0 Å². The molecular weight excluding hydrogens is 205 g/mol. The predicted molar refractivity (Wildman–Crippen MR) is 61.8 cm³/mol. The topological polar surface area (TPSA) is 35.2 Å². The van der Waals surface area contributed by atoms with E-state index in [0.29, 0.717) is 5.56 Å². The zero-order valence-corrected chi connectivity index (χ0v) is 9.79. The summed E-state index contributed by atoms with van der Waals surface area (Å²) < 4.78 is 19.4. The highest BCUT2D eigenvalue weighted by molar-refractivity contribution is 5.34. The van der Waals surface area contributed by atoms with Crippen LogP contribution in [-0.4, -0.2) is 12.7 Å². The van der Waals surface area contributed by atoms with Crippen LogP contribution < -0.4 is 5.73 Å². The molecule has 2 nitrogen and oxygen atoms in total. The van der Waals surface area contributed by atoms with E-state index < -0.39 is 0 Å². The summed E-state index contributed by atoms with van der Waals surface area (Å²) >= 11 is 0. The Kier molecular flexibility index (Phi) is 3.26. The first kappa shape index (κ1) is 11.6. The molecule has 1 saturated heterocycles. The van der Waals surface area contributed by atoms with Crippen molar-refractivity contribution in [3.63, 3.8) is 0 Å². The maximum atomic E-state index is 13.9. The van der Waals surface area contributed by atoms with Crippen molar-refractivity contribution < 1.29 is 9.13 Å². The van der Waals surface area contributed by atoms with Crippen LogP contribution in [0, 0.1) is 19.7 Å². The molecule has 0 aromatic heterocycles. The number of halogens is 1. The Labute approximate surface area is 95.6 Å². The van der Waals surface area contributed by atoms with Gasteiger partial charge in [0.05, 0.1) is 12.1 Å². The van der Waals surface area contributed by atoms with Gasteiger partial charge in [-0.1, -0.05) is 6.07 Å². The summed E-state index contributed by atoms with van der Waals surface area (Å²) in [6, 6.07) is 3.16. The fourth-order valence-electron chi connectivity index (χ4n) is 2.42. The van der Waals surface area contributed by atoms with Crippen molar-refractivity contribution in [2.24, 2.45) is 5.73 Å². The van der Waals surface area contributed by atoms with Gasteiger partial charge < -0.3 is 10.5 Å². The molecule has 0 amide bonds. The third kappa shape index (κ3) is 2.11. The van der Waals surface area contributed by atoms with Gasteiger partial charge in [-0.05, 0) is 43.9 Å². The molecule has 2 unspecified atom stereocenters. The van der Waals surface area contributed by atoms with Crippen molar-refractivity contribution in [3.8, 4) is 0 Å². The van der Waals surface area contributed by atoms with E-state index in [2.05, 4.69) is 0 Å². The van der Waals surface area contributed by atoms with Crippen LogP contribution in [0.25, 0.3) is 0 Å². The summed E-state index contributed by atoms with van der Waals surface area (Å²) in [7, 11) is 0. The first-order valence-electron chi connectivity index (χ1n) is 5.73. The van der Waals surface area contributed by atoms with Crippen LogP contribution in [0.15, 0.2) is 12.1 Å². The van der Waals surface area contributed by atoms with Crippen molar-refractivity contribution in [2.45, 2.75) is 38.8 Å². The van der Waals surface area contributed by atoms with E-state index in [4.69, 9.17) is 10.5 Å². The molecule has 1 aliphatic rings. The summed E-state index contributed by atoms with van der Waals surface area (Å²) in [6.45, 7) is 4.53. The normalized spacial score (nSPS) is 22.4. The fourth-order valence-corrected chi connectivity index (χ4v) is 2.42. The summed E-state index contributed by atoms with van der Waals surface area (Å²) in [5.41, 5.74) is 8.54. The molecule has 0 bridgehead atoms. The third-order valence-electron chi connectivity index (χ3n) is 3.18. The quantitative estimate of drug-likeness (QED) is 0.836. The number of hydrogen-bond acceptors (Lipinski definition) is 2. The third-order valence-corrected chi connectivity index (χ3v) is 3.18. The number of rotatable bonds is 2. The van der Waals surface area contributed by atoms with E-state index in [1.807, 2.05) is 19.9 Å². The van der Waals surface area contributed by atoms with Crippen LogP contribution >= 0.6 is 0 Å². The van der Waals surface area contributed by atoms with Gasteiger partial charge in [0.1, 0.15) is 5.82 Å². The van der Waals surface area contributed by atoms with Gasteiger partial charge in [-0.25, -0.2) is 4.39 Å². The molecule has 1 fully saturated rings. The molecular formula is C13H18FNO. The fraction of sp³-hybridized carbons (Fsp3) is 0.538. The summed E-state index contributed by atoms with van der Waals surface area (Å²) in [4.78, 5) is 0. The highest BCUT2D eigenvalue weighted by Gasteiger charge is 2.27. The second-order valence-corrected chi connectivity index (χ2v) is 4.55. The molecule has 2 N–H and O–H groups in total. The van der Waals surface area contributed by atoms with Gasteiger partial charge in [-0.2, -0.15) is 0 Å². The molecule has 1 heterocycles. The highest BCUT2D eigenvalue weighted by Crippen LogP contribution is 2.29. The molecule has 3 heteroatoms. The molecule has 0 saturated carbocycles. The molecule has 1 aromatic rings. The van der Waals surface area contributed by atoms with E-state index >= 15 is 0 Å². The lowest BCUT2D eigenvalue weighted by Gasteiger charge is -2.21. The molecule has 0 spiro atoms. The van der Waals surface area contributed by atoms with Crippen molar-refractivity contribution >= 4 is 0 Å². The van der Waals surface area contributed by atoms with E-state index in [9.17, 15) is 4.39 Å². The lowest BCUT2D eigenvalue weighted by Crippen LogP contribution is -2.27. The van der Waals surface area contributed by atoms with Gasteiger partial charge in [0, 0.05) is 12.2 Å². The SMILES string of the molecule is Cc1cc(C)c(C(N)C2CCCO2)c(F)c1. The summed E-state index contributed by atoms with van der Waals surface area (Å²) in [5, 5.41) is 0. The second kappa shape index (κ2) is 4.52. The lowest BCUT2D eigenvalue weighted by molar-refractivity contribution is 0.0888. The maximum Gasteiger partial charge on any atom is 0.128 e. The Morgan fingerprint density at radius 1 is 1.44 bits per heavy atom. The second-order valence-electron chi connectivity index (χ2n) is 4.55. The first-order chi connectivity index (χ1) is 7.59. The molecule has 0 aliphatic carbocycles. The Balaban J connectivity index is 2.31. The monoisotopic (exact) mass is 223 g/mol. The Bertz CT molecular complexity index is 363. The average molecular weight is 223 g/mol. The minimum atomic E-state index is -0.344. The summed E-state index contributed by atoms with van der Waals surface area (Å²) in [5.74, 6) is -0.208. The zero-order chi connectivity index (χ0) is 11.7. The van der Waals surface area contributed by atoms with Crippen molar-refractivity contribution in [2.75, 3.05) is 6.61 Å². The van der Waals surface area contributed by atoms with Crippen LogP contribution in [0.1, 0.15) is 35.6 Å². The molecule has 0 radical (unpaired) electrons. The van der Waals surface area contributed by atoms with E-state index in [0.717, 1.165) is 30.6 Å². The van der Waals surface area contributed by atoms with Crippen molar-refractivity contribution in [3.05, 3.63) is 34.6 Å². The van der Waals surface area contributed by atoms with Gasteiger partial charge in [-0.3, -0.25) is 0 Å². The predicted octanol–water partition coefficient (Wildman–Crippen LogP) is 2.62. The minimum absolute atomic E-state index is 0.0316. The molecule has 1 aromatic carbocycles. The Hall–Kier alpha value is -0.930. The van der Waals surface area contributed by atoms with Gasteiger partial charge in [0.2, 0.25) is 0 Å². The number of hydrogen-bond donors (Lipinski definition) is 1. The van der Waals surface area contributed by atoms with Gasteiger partial charge in [0.15, 0.2) is 0 Å². The molecule has 88 valence electrons. The zero-order valence-electron chi connectivity index (χ0n) is 9.79. The van der Waals surface area contributed by atoms with Crippen LogP contribution in [0.2, 0.25) is 0 Å². The van der Waals surface area contributed by atoms with Crippen LogP contribution in [0.4, 0.5) is 4.39 Å². The summed E-state index contributed by atoms with van der Waals surface area (Å²) in [6.07, 6.45) is 1.91. The van der Waals surface area contributed by atoms with Crippen molar-refractivity contribution in [1.82, 2.24) is 0 Å². The number of benzene rings is 1. The van der Waals surface area contributed by atoms with Gasteiger partial charge in [-0.15, -0.1) is 0 Å². The largest absolute Gasteiger partial charge is 0.376 e. The van der Waals surface area contributed by atoms with E-state index in [1.54, 1.807) is 0 Å². The minimum Gasteiger partial charge on any atom is -0.376 e. The van der Waals surface area contributed by atoms with Crippen LogP contribution in [0.3, 0.4) is 0 Å². The molecule has 2 atom stereocenters. The molecule has 2 rings (SSSR count). The highest BCUT2D eigenvalue weighted by atomic mass is 19.1. The Morgan fingerprint density at radius 2 is 2.19 bits per heavy atom. The number of ether oxygens (including phenoxy) is 1. The first-order valence-corrected chi connectivity index (χ1v) is 5.73. The van der Waals surface area contributed by atoms with Crippen LogP contribution in [-0.2, 0) is 4.74 Å². The smallest absolute Gasteiger partial charge is 0.128 e. The lowest BCUT2D eigenvalue weighted by atomic mass is 9.94. The van der Waals surface area contributed by atoms with E-state index in [-0.39, 0.29) is 18.0 Å².